The maximum atomic E-state index is 11.0. The van der Waals surface area contributed by atoms with Gasteiger partial charge < -0.3 is 10.0 Å². The van der Waals surface area contributed by atoms with E-state index in [0.717, 1.165) is 30.9 Å². The van der Waals surface area contributed by atoms with Gasteiger partial charge in [0.25, 0.3) is 0 Å². The molecule has 0 bridgehead atoms. The number of anilines is 1. The monoisotopic (exact) mass is 263 g/mol. The molecule has 5 heteroatoms. The summed E-state index contributed by atoms with van der Waals surface area (Å²) in [5.74, 6) is 0.0267. The first-order valence-electron chi connectivity index (χ1n) is 6.92. The molecular weight excluding hydrogens is 242 g/mol. The van der Waals surface area contributed by atoms with E-state index in [1.165, 1.54) is 0 Å². The van der Waals surface area contributed by atoms with Crippen LogP contribution in [0.15, 0.2) is 12.4 Å². The average Bonchev–Trinajstić information content (AvgIpc) is 2.39. The lowest BCUT2D eigenvalue weighted by atomic mass is 9.92. The molecule has 5 nitrogen and oxygen atoms in total. The van der Waals surface area contributed by atoms with Gasteiger partial charge in [-0.3, -0.25) is 4.79 Å². The number of aliphatic carboxylic acids is 1. The largest absolute Gasteiger partial charge is 0.481 e. The van der Waals surface area contributed by atoms with Gasteiger partial charge in [0.15, 0.2) is 0 Å². The van der Waals surface area contributed by atoms with E-state index < -0.39 is 5.97 Å². The van der Waals surface area contributed by atoms with Crippen LogP contribution in [0.4, 0.5) is 5.82 Å². The predicted octanol–water partition coefficient (Wildman–Crippen LogP) is 2.12. The quantitative estimate of drug-likeness (QED) is 0.901. The van der Waals surface area contributed by atoms with Crippen LogP contribution in [0.1, 0.15) is 38.8 Å². The van der Waals surface area contributed by atoms with Gasteiger partial charge in [0.1, 0.15) is 12.1 Å². The number of aromatic nitrogens is 2. The summed E-state index contributed by atoms with van der Waals surface area (Å²) in [6.07, 6.45) is 4.99. The minimum Gasteiger partial charge on any atom is -0.481 e. The summed E-state index contributed by atoms with van der Waals surface area (Å²) in [4.78, 5) is 21.8. The molecule has 1 aliphatic rings. The van der Waals surface area contributed by atoms with Crippen LogP contribution in [-0.4, -0.2) is 33.6 Å². The third-order valence-corrected chi connectivity index (χ3v) is 3.74. The van der Waals surface area contributed by atoms with E-state index >= 15 is 0 Å². The van der Waals surface area contributed by atoms with Crippen molar-refractivity contribution in [3.8, 4) is 0 Å². The van der Waals surface area contributed by atoms with E-state index in [4.69, 9.17) is 5.11 Å². The molecule has 1 fully saturated rings. The Kier molecular flexibility index (Phi) is 4.35. The third kappa shape index (κ3) is 3.22. The molecule has 1 aromatic rings. The maximum Gasteiger partial charge on any atom is 0.306 e. The number of piperidine rings is 1. The number of carboxylic acids is 1. The molecule has 0 radical (unpaired) electrons. The van der Waals surface area contributed by atoms with Crippen molar-refractivity contribution in [3.05, 3.63) is 18.1 Å². The molecular formula is C14H21N3O2. The fraction of sp³-hybridized carbons (Fsp3) is 0.643. The van der Waals surface area contributed by atoms with E-state index in [0.29, 0.717) is 12.8 Å². The first-order valence-corrected chi connectivity index (χ1v) is 6.92. The zero-order valence-corrected chi connectivity index (χ0v) is 11.5. The van der Waals surface area contributed by atoms with Crippen LogP contribution in [0.25, 0.3) is 0 Å². The average molecular weight is 263 g/mol. The smallest absolute Gasteiger partial charge is 0.306 e. The zero-order chi connectivity index (χ0) is 13.8. The first kappa shape index (κ1) is 13.8. The maximum absolute atomic E-state index is 11.0. The highest BCUT2D eigenvalue weighted by Gasteiger charge is 2.30. The van der Waals surface area contributed by atoms with Crippen molar-refractivity contribution in [3.63, 3.8) is 0 Å². The van der Waals surface area contributed by atoms with E-state index in [9.17, 15) is 4.79 Å². The van der Waals surface area contributed by atoms with E-state index in [1.807, 2.05) is 6.07 Å². The summed E-state index contributed by atoms with van der Waals surface area (Å²) < 4.78 is 0. The van der Waals surface area contributed by atoms with Gasteiger partial charge in [-0.15, -0.1) is 0 Å². The van der Waals surface area contributed by atoms with Crippen molar-refractivity contribution in [1.82, 2.24) is 9.97 Å². The van der Waals surface area contributed by atoms with Crippen LogP contribution in [-0.2, 0) is 11.2 Å². The van der Waals surface area contributed by atoms with Gasteiger partial charge in [0.05, 0.1) is 5.92 Å². The SMILES string of the molecule is CCCc1cc(N2CCC(C(=O)O)CC2C)ncn1. The predicted molar refractivity (Wildman–Crippen MR) is 73.2 cm³/mol. The Labute approximate surface area is 113 Å². The minimum absolute atomic E-state index is 0.208. The van der Waals surface area contributed by atoms with Crippen LogP contribution in [0.2, 0.25) is 0 Å². The molecule has 0 spiro atoms. The van der Waals surface area contributed by atoms with E-state index in [1.54, 1.807) is 6.33 Å². The lowest BCUT2D eigenvalue weighted by Crippen LogP contribution is -2.43. The third-order valence-electron chi connectivity index (χ3n) is 3.74. The van der Waals surface area contributed by atoms with Crippen molar-refractivity contribution in [1.29, 1.82) is 0 Å². The molecule has 1 aliphatic heterocycles. The van der Waals surface area contributed by atoms with Gasteiger partial charge in [-0.25, -0.2) is 9.97 Å². The van der Waals surface area contributed by atoms with Gasteiger partial charge in [-0.2, -0.15) is 0 Å². The summed E-state index contributed by atoms with van der Waals surface area (Å²) in [5.41, 5.74) is 1.06. The van der Waals surface area contributed by atoms with Crippen LogP contribution in [0, 0.1) is 5.92 Å². The molecule has 1 saturated heterocycles. The summed E-state index contributed by atoms with van der Waals surface area (Å²) in [7, 11) is 0. The van der Waals surface area contributed by atoms with Crippen LogP contribution in [0.5, 0.6) is 0 Å². The molecule has 0 aromatic carbocycles. The number of hydrogen-bond donors (Lipinski definition) is 1. The lowest BCUT2D eigenvalue weighted by molar-refractivity contribution is -0.142. The van der Waals surface area contributed by atoms with Crippen molar-refractivity contribution >= 4 is 11.8 Å². The molecule has 2 atom stereocenters. The summed E-state index contributed by atoms with van der Waals surface area (Å²) in [6.45, 7) is 4.94. The fourth-order valence-corrected chi connectivity index (χ4v) is 2.67. The molecule has 2 unspecified atom stereocenters. The molecule has 19 heavy (non-hydrogen) atoms. The number of carboxylic acid groups (broad SMARTS) is 1. The molecule has 2 heterocycles. The summed E-state index contributed by atoms with van der Waals surface area (Å²) >= 11 is 0. The van der Waals surface area contributed by atoms with Gasteiger partial charge in [-0.1, -0.05) is 13.3 Å². The Bertz CT molecular complexity index is 450. The Morgan fingerprint density at radius 1 is 1.53 bits per heavy atom. The molecule has 0 amide bonds. The fourth-order valence-electron chi connectivity index (χ4n) is 2.67. The molecule has 0 aliphatic carbocycles. The Morgan fingerprint density at radius 3 is 2.95 bits per heavy atom. The molecule has 104 valence electrons. The standard InChI is InChI=1S/C14H21N3O2/c1-3-4-12-8-13(16-9-15-12)17-6-5-11(14(18)19)7-10(17)2/h8-11H,3-7H2,1-2H3,(H,18,19). The Hall–Kier alpha value is -1.65. The number of carbonyl (C=O) groups is 1. The van der Waals surface area contributed by atoms with Crippen molar-refractivity contribution < 1.29 is 9.90 Å². The second-order valence-corrected chi connectivity index (χ2v) is 5.22. The highest BCUT2D eigenvalue weighted by atomic mass is 16.4. The molecule has 0 saturated carbocycles. The van der Waals surface area contributed by atoms with Crippen molar-refractivity contribution in [2.24, 2.45) is 5.92 Å². The second kappa shape index (κ2) is 5.99. The van der Waals surface area contributed by atoms with Gasteiger partial charge in [0.2, 0.25) is 0 Å². The van der Waals surface area contributed by atoms with Gasteiger partial charge in [-0.05, 0) is 26.2 Å². The van der Waals surface area contributed by atoms with Gasteiger partial charge >= 0.3 is 5.97 Å². The van der Waals surface area contributed by atoms with Crippen LogP contribution < -0.4 is 4.90 Å². The summed E-state index contributed by atoms with van der Waals surface area (Å²) in [6, 6.07) is 2.24. The lowest BCUT2D eigenvalue weighted by Gasteiger charge is -2.37. The minimum atomic E-state index is -0.680. The van der Waals surface area contributed by atoms with Crippen molar-refractivity contribution in [2.75, 3.05) is 11.4 Å². The van der Waals surface area contributed by atoms with E-state index in [2.05, 4.69) is 28.7 Å². The van der Waals surface area contributed by atoms with Crippen LogP contribution in [0.3, 0.4) is 0 Å². The van der Waals surface area contributed by atoms with Crippen molar-refractivity contribution in [2.45, 2.75) is 45.6 Å². The summed E-state index contributed by atoms with van der Waals surface area (Å²) in [5, 5.41) is 9.08. The number of hydrogen-bond acceptors (Lipinski definition) is 4. The normalized spacial score (nSPS) is 23.4. The second-order valence-electron chi connectivity index (χ2n) is 5.22. The highest BCUT2D eigenvalue weighted by Crippen LogP contribution is 2.27. The Morgan fingerprint density at radius 2 is 2.32 bits per heavy atom. The number of nitrogens with zero attached hydrogens (tertiary/aromatic N) is 3. The highest BCUT2D eigenvalue weighted by molar-refractivity contribution is 5.70. The zero-order valence-electron chi connectivity index (χ0n) is 11.5. The topological polar surface area (TPSA) is 66.3 Å². The number of rotatable bonds is 4. The Balaban J connectivity index is 2.10. The molecule has 2 rings (SSSR count). The number of aryl methyl sites for hydroxylation is 1. The van der Waals surface area contributed by atoms with Gasteiger partial charge in [0, 0.05) is 24.3 Å². The van der Waals surface area contributed by atoms with E-state index in [-0.39, 0.29) is 12.0 Å². The molecule has 1 N–H and O–H groups in total. The van der Waals surface area contributed by atoms with Crippen LogP contribution >= 0.6 is 0 Å². The molecule has 1 aromatic heterocycles. The first-order chi connectivity index (χ1) is 9.11.